The fraction of sp³-hybridized carbons (Fsp3) is 0.150. The number of ether oxygens (including phenoxy) is 1. The summed E-state index contributed by atoms with van der Waals surface area (Å²) in [5, 5.41) is 20.3. The number of methoxy groups -OCH3 is 1. The average molecular weight is 443 g/mol. The highest BCUT2D eigenvalue weighted by atomic mass is 35.5. The Kier molecular flexibility index (Phi) is 5.23. The van der Waals surface area contributed by atoms with Crippen LogP contribution in [-0.4, -0.2) is 39.1 Å². The molecule has 0 spiro atoms. The first-order valence-electron chi connectivity index (χ1n) is 8.78. The summed E-state index contributed by atoms with van der Waals surface area (Å²) < 4.78 is 5.30. The molecule has 0 aliphatic carbocycles. The number of hydrogen-bond acceptors (Lipinski definition) is 8. The molecule has 1 aliphatic rings. The van der Waals surface area contributed by atoms with E-state index in [4.69, 9.17) is 16.3 Å². The van der Waals surface area contributed by atoms with Crippen LogP contribution in [-0.2, 0) is 9.59 Å². The summed E-state index contributed by atoms with van der Waals surface area (Å²) >= 11 is 7.25. The number of halogens is 1. The Bertz CT molecular complexity index is 1180. The largest absolute Gasteiger partial charge is 0.507 e. The summed E-state index contributed by atoms with van der Waals surface area (Å²) in [6, 6.07) is 8.75. The molecule has 1 saturated heterocycles. The van der Waals surface area contributed by atoms with Crippen LogP contribution < -0.4 is 9.64 Å². The van der Waals surface area contributed by atoms with Gasteiger partial charge in [-0.2, -0.15) is 0 Å². The predicted molar refractivity (Wildman–Crippen MR) is 112 cm³/mol. The minimum atomic E-state index is -0.984. The van der Waals surface area contributed by atoms with Crippen molar-refractivity contribution in [1.82, 2.24) is 15.2 Å². The summed E-state index contributed by atoms with van der Waals surface area (Å²) in [6.07, 6.45) is 1.54. The minimum Gasteiger partial charge on any atom is -0.507 e. The van der Waals surface area contributed by atoms with Gasteiger partial charge in [-0.25, -0.2) is 0 Å². The summed E-state index contributed by atoms with van der Waals surface area (Å²) in [5.41, 5.74) is 0.455. The van der Waals surface area contributed by atoms with Crippen molar-refractivity contribution < 1.29 is 19.4 Å². The Morgan fingerprint density at radius 2 is 2.03 bits per heavy atom. The molecule has 152 valence electrons. The lowest BCUT2D eigenvalue weighted by Crippen LogP contribution is -2.29. The predicted octanol–water partition coefficient (Wildman–Crippen LogP) is 3.53. The maximum Gasteiger partial charge on any atom is 0.302 e. The normalized spacial score (nSPS) is 18.1. The van der Waals surface area contributed by atoms with E-state index in [1.54, 1.807) is 43.5 Å². The first-order chi connectivity index (χ1) is 14.4. The number of ketones is 1. The molecule has 3 heterocycles. The summed E-state index contributed by atoms with van der Waals surface area (Å²) in [6.45, 7) is 1.74. The van der Waals surface area contributed by atoms with Gasteiger partial charge in [0.15, 0.2) is 0 Å². The number of anilines is 1. The van der Waals surface area contributed by atoms with Gasteiger partial charge in [-0.05, 0) is 37.3 Å². The van der Waals surface area contributed by atoms with Gasteiger partial charge in [0.1, 0.15) is 22.6 Å². The number of rotatable bonds is 4. The number of benzene rings is 1. The van der Waals surface area contributed by atoms with Crippen molar-refractivity contribution >= 4 is 45.5 Å². The van der Waals surface area contributed by atoms with E-state index in [0.717, 1.165) is 11.3 Å². The number of aryl methyl sites for hydroxylation is 1. The molecule has 1 aliphatic heterocycles. The van der Waals surface area contributed by atoms with Crippen LogP contribution in [0.3, 0.4) is 0 Å². The van der Waals surface area contributed by atoms with Crippen LogP contribution in [0.25, 0.3) is 5.76 Å². The van der Waals surface area contributed by atoms with E-state index < -0.39 is 23.5 Å². The van der Waals surface area contributed by atoms with Gasteiger partial charge in [-0.1, -0.05) is 29.0 Å². The van der Waals surface area contributed by atoms with Crippen molar-refractivity contribution in [3.05, 3.63) is 69.5 Å². The average Bonchev–Trinajstić information content (AvgIpc) is 3.29. The molecule has 30 heavy (non-hydrogen) atoms. The highest BCUT2D eigenvalue weighted by Gasteiger charge is 2.49. The van der Waals surface area contributed by atoms with E-state index >= 15 is 0 Å². The summed E-state index contributed by atoms with van der Waals surface area (Å²) in [4.78, 5) is 31.5. The van der Waals surface area contributed by atoms with Crippen molar-refractivity contribution in [3.8, 4) is 5.75 Å². The maximum atomic E-state index is 13.0. The Hall–Kier alpha value is -3.30. The van der Waals surface area contributed by atoms with Gasteiger partial charge in [0.2, 0.25) is 5.13 Å². The molecule has 0 bridgehead atoms. The third kappa shape index (κ3) is 3.31. The minimum absolute atomic E-state index is 0.132. The quantitative estimate of drug-likeness (QED) is 0.374. The molecule has 3 aromatic rings. The van der Waals surface area contributed by atoms with Gasteiger partial charge >= 0.3 is 5.91 Å². The lowest BCUT2D eigenvalue weighted by Gasteiger charge is -2.21. The Morgan fingerprint density at radius 1 is 1.23 bits per heavy atom. The summed E-state index contributed by atoms with van der Waals surface area (Å²) in [5.74, 6) is -1.80. The number of carbonyl (C=O) groups is 2. The van der Waals surface area contributed by atoms with Crippen LogP contribution in [0.15, 0.2) is 48.2 Å². The number of hydrogen-bond donors (Lipinski definition) is 1. The number of carbonyl (C=O) groups excluding carboxylic acids is 2. The highest BCUT2D eigenvalue weighted by molar-refractivity contribution is 7.15. The fourth-order valence-electron chi connectivity index (χ4n) is 3.24. The van der Waals surface area contributed by atoms with Crippen LogP contribution in [0.4, 0.5) is 5.13 Å². The molecule has 1 N–H and O–H groups in total. The van der Waals surface area contributed by atoms with Gasteiger partial charge in [-0.15, -0.1) is 10.2 Å². The number of aromatic nitrogens is 3. The van der Waals surface area contributed by atoms with Gasteiger partial charge < -0.3 is 9.84 Å². The van der Waals surface area contributed by atoms with Crippen molar-refractivity contribution in [1.29, 1.82) is 0 Å². The second kappa shape index (κ2) is 7.85. The molecule has 0 unspecified atom stereocenters. The topological polar surface area (TPSA) is 106 Å². The molecule has 8 nitrogen and oxygen atoms in total. The first kappa shape index (κ1) is 20.0. The van der Waals surface area contributed by atoms with E-state index in [-0.39, 0.29) is 16.3 Å². The molecule has 1 fully saturated rings. The molecule has 10 heteroatoms. The Balaban J connectivity index is 1.98. The zero-order valence-corrected chi connectivity index (χ0v) is 17.4. The van der Waals surface area contributed by atoms with Gasteiger partial charge in [-0.3, -0.25) is 19.5 Å². The lowest BCUT2D eigenvalue weighted by atomic mass is 9.98. The van der Waals surface area contributed by atoms with Crippen molar-refractivity contribution in [2.45, 2.75) is 13.0 Å². The number of pyridine rings is 1. The Labute approximate surface area is 180 Å². The molecule has 0 radical (unpaired) electrons. The van der Waals surface area contributed by atoms with Crippen molar-refractivity contribution in [2.24, 2.45) is 0 Å². The monoisotopic (exact) mass is 442 g/mol. The second-order valence-electron chi connectivity index (χ2n) is 6.37. The van der Waals surface area contributed by atoms with E-state index in [0.29, 0.717) is 21.5 Å². The standard InChI is InChI=1S/C20H15ClN4O4S/c1-10-23-24-20(30-10)25-16(13-5-3-4-8-22-13)15(18(27)19(25)28)17(26)12-9-11(21)6-7-14(12)29-2/h3-9,16,26H,1-2H3/b17-15+/t16-/m0/s1. The molecular formula is C20H15ClN4O4S. The van der Waals surface area contributed by atoms with E-state index in [1.165, 1.54) is 18.1 Å². The van der Waals surface area contributed by atoms with Crippen LogP contribution in [0.2, 0.25) is 5.02 Å². The summed E-state index contributed by atoms with van der Waals surface area (Å²) in [7, 11) is 1.43. The van der Waals surface area contributed by atoms with E-state index in [1.807, 2.05) is 0 Å². The molecule has 2 aromatic heterocycles. The van der Waals surface area contributed by atoms with Crippen LogP contribution in [0, 0.1) is 6.92 Å². The first-order valence-corrected chi connectivity index (χ1v) is 9.97. The fourth-order valence-corrected chi connectivity index (χ4v) is 4.13. The third-order valence-electron chi connectivity index (χ3n) is 4.55. The van der Waals surface area contributed by atoms with Crippen molar-refractivity contribution in [2.75, 3.05) is 12.0 Å². The van der Waals surface area contributed by atoms with E-state index in [2.05, 4.69) is 15.2 Å². The second-order valence-corrected chi connectivity index (χ2v) is 7.97. The zero-order valence-electron chi connectivity index (χ0n) is 15.9. The third-order valence-corrected chi connectivity index (χ3v) is 5.62. The number of Topliss-reactive ketones (excluding diaryl/α,β-unsaturated/α-hetero) is 1. The van der Waals surface area contributed by atoms with Crippen LogP contribution >= 0.6 is 22.9 Å². The smallest absolute Gasteiger partial charge is 0.302 e. The molecule has 0 saturated carbocycles. The molecule has 1 atom stereocenters. The lowest BCUT2D eigenvalue weighted by molar-refractivity contribution is -0.132. The highest BCUT2D eigenvalue weighted by Crippen LogP contribution is 2.43. The number of nitrogens with zero attached hydrogens (tertiary/aromatic N) is 4. The van der Waals surface area contributed by atoms with Gasteiger partial charge in [0.05, 0.1) is 23.9 Å². The molecule has 1 amide bonds. The SMILES string of the molecule is COc1ccc(Cl)cc1/C(O)=C1\C(=O)C(=O)N(c2nnc(C)s2)[C@H]1c1ccccn1. The molecular weight excluding hydrogens is 428 g/mol. The maximum absolute atomic E-state index is 13.0. The van der Waals surface area contributed by atoms with Crippen molar-refractivity contribution in [3.63, 3.8) is 0 Å². The van der Waals surface area contributed by atoms with Crippen LogP contribution in [0.1, 0.15) is 22.3 Å². The number of aliphatic hydroxyl groups is 1. The Morgan fingerprint density at radius 3 is 2.67 bits per heavy atom. The van der Waals surface area contributed by atoms with Gasteiger partial charge in [0.25, 0.3) is 5.78 Å². The van der Waals surface area contributed by atoms with E-state index in [9.17, 15) is 14.7 Å². The number of amides is 1. The van der Waals surface area contributed by atoms with Gasteiger partial charge in [0, 0.05) is 11.2 Å². The number of aliphatic hydroxyl groups excluding tert-OH is 1. The zero-order chi connectivity index (χ0) is 21.4. The molecule has 4 rings (SSSR count). The molecule has 1 aromatic carbocycles. The van der Waals surface area contributed by atoms with Crippen LogP contribution in [0.5, 0.6) is 5.75 Å².